The molecule has 4 aromatic rings. The van der Waals surface area contributed by atoms with Crippen molar-refractivity contribution < 1.29 is 18.4 Å². The van der Waals surface area contributed by atoms with E-state index in [1.807, 2.05) is 6.07 Å². The van der Waals surface area contributed by atoms with Gasteiger partial charge in [0.15, 0.2) is 11.5 Å². The van der Waals surface area contributed by atoms with Gasteiger partial charge in [-0.05, 0) is 42.5 Å². The standard InChI is InChI=1S/C21H17FN4O3S/c1-27-17-9-7-13(11-18(17)28-2)21-23-19(29-26-21)12-30-20-10-8-16(24-25-20)14-5-3-4-6-15(14)22/h3-11H,12H2,1-2H3. The Hall–Kier alpha value is -3.46. The first-order valence-corrected chi connectivity index (χ1v) is 9.93. The molecule has 0 spiro atoms. The Balaban J connectivity index is 1.43. The summed E-state index contributed by atoms with van der Waals surface area (Å²) >= 11 is 1.40. The van der Waals surface area contributed by atoms with E-state index >= 15 is 0 Å². The minimum atomic E-state index is -0.333. The number of benzene rings is 2. The molecule has 4 rings (SSSR count). The van der Waals surface area contributed by atoms with Crippen LogP contribution in [0.3, 0.4) is 0 Å². The van der Waals surface area contributed by atoms with Gasteiger partial charge in [0, 0.05) is 11.1 Å². The second kappa shape index (κ2) is 8.91. The van der Waals surface area contributed by atoms with E-state index in [4.69, 9.17) is 14.0 Å². The molecule has 0 unspecified atom stereocenters. The number of hydrogen-bond donors (Lipinski definition) is 0. The number of hydrogen-bond acceptors (Lipinski definition) is 8. The maximum Gasteiger partial charge on any atom is 0.237 e. The molecule has 30 heavy (non-hydrogen) atoms. The van der Waals surface area contributed by atoms with Gasteiger partial charge in [-0.2, -0.15) is 4.98 Å². The lowest BCUT2D eigenvalue weighted by Crippen LogP contribution is -1.92. The molecule has 7 nitrogen and oxygen atoms in total. The highest BCUT2D eigenvalue weighted by atomic mass is 32.2. The van der Waals surface area contributed by atoms with Crippen LogP contribution in [0.5, 0.6) is 11.5 Å². The van der Waals surface area contributed by atoms with Crippen LogP contribution in [0, 0.1) is 5.82 Å². The van der Waals surface area contributed by atoms with Crippen molar-refractivity contribution in [1.82, 2.24) is 20.3 Å². The first-order chi connectivity index (χ1) is 14.7. The van der Waals surface area contributed by atoms with Gasteiger partial charge < -0.3 is 14.0 Å². The van der Waals surface area contributed by atoms with E-state index in [9.17, 15) is 4.39 Å². The highest BCUT2D eigenvalue weighted by molar-refractivity contribution is 7.98. The van der Waals surface area contributed by atoms with Gasteiger partial charge in [0.05, 0.1) is 25.7 Å². The Morgan fingerprint density at radius 2 is 1.80 bits per heavy atom. The van der Waals surface area contributed by atoms with Gasteiger partial charge in [-0.15, -0.1) is 10.2 Å². The minimum absolute atomic E-state index is 0.333. The van der Waals surface area contributed by atoms with Crippen molar-refractivity contribution in [3.63, 3.8) is 0 Å². The molecule has 9 heteroatoms. The summed E-state index contributed by atoms with van der Waals surface area (Å²) in [7, 11) is 3.14. The van der Waals surface area contributed by atoms with Gasteiger partial charge in [0.1, 0.15) is 10.8 Å². The number of methoxy groups -OCH3 is 2. The average molecular weight is 424 g/mol. The lowest BCUT2D eigenvalue weighted by atomic mass is 10.1. The van der Waals surface area contributed by atoms with E-state index in [0.717, 1.165) is 5.56 Å². The van der Waals surface area contributed by atoms with Gasteiger partial charge in [-0.3, -0.25) is 0 Å². The maximum atomic E-state index is 13.9. The SMILES string of the molecule is COc1ccc(-c2noc(CSc3ccc(-c4ccccc4F)nn3)n2)cc1OC. The monoisotopic (exact) mass is 424 g/mol. The molecular weight excluding hydrogens is 407 g/mol. The van der Waals surface area contributed by atoms with Gasteiger partial charge in [-0.25, -0.2) is 4.39 Å². The predicted octanol–water partition coefficient (Wildman–Crippen LogP) is 4.64. The molecule has 0 aliphatic rings. The zero-order valence-corrected chi connectivity index (χ0v) is 17.0. The van der Waals surface area contributed by atoms with Crippen molar-refractivity contribution in [2.75, 3.05) is 14.2 Å². The second-order valence-corrected chi connectivity index (χ2v) is 7.10. The van der Waals surface area contributed by atoms with Crippen molar-refractivity contribution in [1.29, 1.82) is 0 Å². The number of halogens is 1. The predicted molar refractivity (Wildman–Crippen MR) is 110 cm³/mol. The van der Waals surface area contributed by atoms with E-state index < -0.39 is 0 Å². The fourth-order valence-electron chi connectivity index (χ4n) is 2.75. The van der Waals surface area contributed by atoms with Crippen LogP contribution in [0.4, 0.5) is 4.39 Å². The zero-order chi connectivity index (χ0) is 20.9. The summed E-state index contributed by atoms with van der Waals surface area (Å²) in [6, 6.07) is 15.4. The van der Waals surface area contributed by atoms with Crippen LogP contribution in [0.1, 0.15) is 5.89 Å². The fraction of sp³-hybridized carbons (Fsp3) is 0.143. The molecule has 0 bridgehead atoms. The number of aromatic nitrogens is 4. The van der Waals surface area contributed by atoms with Crippen LogP contribution < -0.4 is 9.47 Å². The highest BCUT2D eigenvalue weighted by Gasteiger charge is 2.13. The maximum absolute atomic E-state index is 13.9. The third-order valence-corrected chi connectivity index (χ3v) is 5.15. The van der Waals surface area contributed by atoms with Crippen LogP contribution in [-0.4, -0.2) is 34.6 Å². The third-order valence-electron chi connectivity index (χ3n) is 4.24. The Morgan fingerprint density at radius 1 is 0.967 bits per heavy atom. The van der Waals surface area contributed by atoms with Crippen molar-refractivity contribution in [3.8, 4) is 34.1 Å². The normalized spacial score (nSPS) is 10.8. The largest absolute Gasteiger partial charge is 0.493 e. The molecule has 0 atom stereocenters. The first-order valence-electron chi connectivity index (χ1n) is 8.94. The average Bonchev–Trinajstić information content (AvgIpc) is 3.27. The van der Waals surface area contributed by atoms with Crippen LogP contribution in [0.15, 0.2) is 64.1 Å². The van der Waals surface area contributed by atoms with Crippen molar-refractivity contribution in [2.45, 2.75) is 10.8 Å². The number of thioether (sulfide) groups is 1. The Bertz CT molecular complexity index is 1150. The van der Waals surface area contributed by atoms with Crippen LogP contribution >= 0.6 is 11.8 Å². The summed E-state index contributed by atoms with van der Waals surface area (Å²) in [6.07, 6.45) is 0. The van der Waals surface area contributed by atoms with Crippen LogP contribution in [-0.2, 0) is 5.75 Å². The lowest BCUT2D eigenvalue weighted by Gasteiger charge is -2.07. The Morgan fingerprint density at radius 3 is 2.53 bits per heavy atom. The smallest absolute Gasteiger partial charge is 0.237 e. The summed E-state index contributed by atoms with van der Waals surface area (Å²) in [5.74, 6) is 2.20. The molecule has 2 aromatic heterocycles. The minimum Gasteiger partial charge on any atom is -0.493 e. The molecule has 2 aromatic carbocycles. The summed E-state index contributed by atoms with van der Waals surface area (Å²) in [4.78, 5) is 4.41. The van der Waals surface area contributed by atoms with Crippen molar-refractivity contribution >= 4 is 11.8 Å². The Kier molecular flexibility index (Phi) is 5.89. The van der Waals surface area contributed by atoms with E-state index in [2.05, 4.69) is 20.3 Å². The second-order valence-electron chi connectivity index (χ2n) is 6.11. The highest BCUT2D eigenvalue weighted by Crippen LogP contribution is 2.31. The van der Waals surface area contributed by atoms with E-state index in [1.165, 1.54) is 17.8 Å². The van der Waals surface area contributed by atoms with Crippen LogP contribution in [0.25, 0.3) is 22.6 Å². The fourth-order valence-corrected chi connectivity index (χ4v) is 3.40. The van der Waals surface area contributed by atoms with E-state index in [1.54, 1.807) is 56.7 Å². The molecule has 0 saturated heterocycles. The molecule has 0 aliphatic carbocycles. The number of ether oxygens (including phenoxy) is 2. The summed E-state index contributed by atoms with van der Waals surface area (Å²) in [5.41, 5.74) is 1.64. The van der Waals surface area contributed by atoms with Gasteiger partial charge in [0.25, 0.3) is 0 Å². The zero-order valence-electron chi connectivity index (χ0n) is 16.2. The van der Waals surface area contributed by atoms with Gasteiger partial charge in [0.2, 0.25) is 11.7 Å². The first kappa shape index (κ1) is 19.8. The summed E-state index contributed by atoms with van der Waals surface area (Å²) in [5, 5.41) is 12.9. The summed E-state index contributed by atoms with van der Waals surface area (Å²) < 4.78 is 29.7. The molecule has 0 amide bonds. The van der Waals surface area contributed by atoms with Crippen LogP contribution in [0.2, 0.25) is 0 Å². The topological polar surface area (TPSA) is 83.2 Å². The lowest BCUT2D eigenvalue weighted by molar-refractivity contribution is 0.355. The van der Waals surface area contributed by atoms with E-state index in [-0.39, 0.29) is 5.82 Å². The van der Waals surface area contributed by atoms with Gasteiger partial charge >= 0.3 is 0 Å². The molecule has 0 fully saturated rings. The number of nitrogens with zero attached hydrogens (tertiary/aromatic N) is 4. The molecule has 0 radical (unpaired) electrons. The van der Waals surface area contributed by atoms with Gasteiger partial charge in [-0.1, -0.05) is 29.1 Å². The quantitative estimate of drug-likeness (QED) is 0.397. The molecule has 2 heterocycles. The molecule has 0 aliphatic heterocycles. The van der Waals surface area contributed by atoms with Crippen molar-refractivity contribution in [2.24, 2.45) is 0 Å². The summed E-state index contributed by atoms with van der Waals surface area (Å²) in [6.45, 7) is 0. The molecule has 0 saturated carbocycles. The third kappa shape index (κ3) is 4.25. The number of rotatable bonds is 7. The van der Waals surface area contributed by atoms with E-state index in [0.29, 0.717) is 45.3 Å². The van der Waals surface area contributed by atoms with Crippen molar-refractivity contribution in [3.05, 3.63) is 66.3 Å². The Labute approximate surface area is 176 Å². The molecule has 152 valence electrons. The molecular formula is C21H17FN4O3S. The molecule has 0 N–H and O–H groups in total.